The highest BCUT2D eigenvalue weighted by atomic mass is 32.2. The van der Waals surface area contributed by atoms with Gasteiger partial charge < -0.3 is 19.8 Å². The molecule has 1 fully saturated rings. The quantitative estimate of drug-likeness (QED) is 0.119. The van der Waals surface area contributed by atoms with E-state index in [1.165, 1.54) is 41.7 Å². The van der Waals surface area contributed by atoms with Crippen LogP contribution in [0.2, 0.25) is 0 Å². The van der Waals surface area contributed by atoms with Gasteiger partial charge >= 0.3 is 13.3 Å². The molecule has 1 aliphatic rings. The maximum atomic E-state index is 13.6. The van der Waals surface area contributed by atoms with E-state index in [-0.39, 0.29) is 42.3 Å². The summed E-state index contributed by atoms with van der Waals surface area (Å²) in [4.78, 5) is 12.9. The third kappa shape index (κ3) is 6.68. The van der Waals surface area contributed by atoms with Crippen molar-refractivity contribution in [2.75, 3.05) is 13.6 Å². The molecule has 0 spiro atoms. The van der Waals surface area contributed by atoms with Crippen LogP contribution in [-0.2, 0) is 30.4 Å². The summed E-state index contributed by atoms with van der Waals surface area (Å²) in [5.74, 6) is -0.452. The zero-order chi connectivity index (χ0) is 31.1. The van der Waals surface area contributed by atoms with Crippen molar-refractivity contribution in [2.45, 2.75) is 37.9 Å². The van der Waals surface area contributed by atoms with Crippen molar-refractivity contribution < 1.29 is 45.6 Å². The molecule has 0 radical (unpaired) electrons. The lowest BCUT2D eigenvalue weighted by atomic mass is 9.76. The van der Waals surface area contributed by atoms with Crippen molar-refractivity contribution in [3.63, 3.8) is 0 Å². The van der Waals surface area contributed by atoms with Crippen molar-refractivity contribution in [3.05, 3.63) is 88.2 Å². The lowest BCUT2D eigenvalue weighted by Crippen LogP contribution is -2.36. The molecule has 4 N–H and O–H groups in total. The highest BCUT2D eigenvalue weighted by molar-refractivity contribution is 7.76. The number of carbonyl (C=O) groups is 1. The Morgan fingerprint density at radius 3 is 2.40 bits per heavy atom. The van der Waals surface area contributed by atoms with E-state index in [0.717, 1.165) is 30.5 Å². The lowest BCUT2D eigenvalue weighted by molar-refractivity contribution is -0.136. The molecule has 5 rings (SSSR count). The second-order valence-electron chi connectivity index (χ2n) is 10.4. The molecule has 0 saturated heterocycles. The molecule has 1 atom stereocenters. The third-order valence-electron chi connectivity index (χ3n) is 7.45. The Morgan fingerprint density at radius 2 is 1.81 bits per heavy atom. The first-order chi connectivity index (χ1) is 20.4. The van der Waals surface area contributed by atoms with Crippen LogP contribution in [-0.4, -0.2) is 49.7 Å². The molecule has 226 valence electrons. The van der Waals surface area contributed by atoms with Crippen LogP contribution < -0.4 is 10.8 Å². The molecule has 1 aliphatic carbocycles. The molecule has 1 unspecified atom stereocenters. The van der Waals surface area contributed by atoms with Crippen LogP contribution in [0.15, 0.2) is 59.0 Å². The van der Waals surface area contributed by atoms with Gasteiger partial charge in [-0.1, -0.05) is 12.1 Å². The third-order valence-corrected chi connectivity index (χ3v) is 8.20. The minimum Gasteiger partial charge on any atom is -0.455 e. The van der Waals surface area contributed by atoms with E-state index in [4.69, 9.17) is 4.42 Å². The molecule has 1 aromatic heterocycles. The van der Waals surface area contributed by atoms with E-state index < -0.39 is 47.3 Å². The average Bonchev–Trinajstić information content (AvgIpc) is 3.74. The molecule has 1 heterocycles. The lowest BCUT2D eigenvalue weighted by Gasteiger charge is -2.20. The topological polar surface area (TPSA) is 123 Å². The average molecular weight is 618 g/mol. The fraction of sp³-hybridized carbons (Fsp3) is 0.276. The predicted molar refractivity (Wildman–Crippen MR) is 153 cm³/mol. The number of benzene rings is 3. The number of carbonyl (C=O) groups excluding carboxylic acids is 1. The fourth-order valence-corrected chi connectivity index (χ4v) is 5.65. The summed E-state index contributed by atoms with van der Waals surface area (Å²) in [5.41, 5.74) is 0.939. The Morgan fingerprint density at radius 1 is 1.12 bits per heavy atom. The van der Waals surface area contributed by atoms with Gasteiger partial charge in [-0.2, -0.15) is 17.5 Å². The number of alkyl halides is 3. The van der Waals surface area contributed by atoms with Gasteiger partial charge in [0.25, 0.3) is 5.91 Å². The zero-order valence-electron chi connectivity index (χ0n) is 22.8. The number of halogens is 4. The van der Waals surface area contributed by atoms with E-state index in [2.05, 4.69) is 5.32 Å². The largest absolute Gasteiger partial charge is 0.489 e. The monoisotopic (exact) mass is 618 g/mol. The van der Waals surface area contributed by atoms with Gasteiger partial charge in [-0.15, -0.1) is 0 Å². The van der Waals surface area contributed by atoms with Gasteiger partial charge in [-0.3, -0.25) is 9.35 Å². The Labute approximate surface area is 246 Å². The molecular weight excluding hydrogens is 591 g/mol. The number of nitrogens with one attached hydrogen (secondary N) is 1. The number of fused-ring (bicyclic) bond motifs is 1. The Balaban J connectivity index is 1.49. The minimum absolute atomic E-state index is 0.0333. The summed E-state index contributed by atoms with van der Waals surface area (Å²) >= 11 is -2.49. The zero-order valence-corrected chi connectivity index (χ0v) is 23.6. The molecule has 8 nitrogen and oxygen atoms in total. The van der Waals surface area contributed by atoms with Gasteiger partial charge in [-0.25, -0.2) is 8.60 Å². The van der Waals surface area contributed by atoms with E-state index in [1.54, 1.807) is 6.07 Å². The Hall–Kier alpha value is -3.56. The molecule has 43 heavy (non-hydrogen) atoms. The molecule has 1 saturated carbocycles. The highest BCUT2D eigenvalue weighted by Crippen LogP contribution is 2.45. The summed E-state index contributed by atoms with van der Waals surface area (Å²) in [6, 6.07) is 12.1. The van der Waals surface area contributed by atoms with Crippen molar-refractivity contribution in [2.24, 2.45) is 0 Å². The number of hydrogen-bond donors (Lipinski definition) is 4. The molecule has 1 amide bonds. The van der Waals surface area contributed by atoms with Crippen molar-refractivity contribution in [1.29, 1.82) is 0 Å². The summed E-state index contributed by atoms with van der Waals surface area (Å²) in [5, 5.41) is 21.8. The Bertz CT molecular complexity index is 1690. The molecule has 14 heteroatoms. The molecule has 0 aliphatic heterocycles. The van der Waals surface area contributed by atoms with Crippen molar-refractivity contribution >= 4 is 40.7 Å². The van der Waals surface area contributed by atoms with E-state index >= 15 is 0 Å². The van der Waals surface area contributed by atoms with Crippen LogP contribution in [0.25, 0.3) is 22.3 Å². The second-order valence-corrected chi connectivity index (χ2v) is 11.3. The minimum atomic E-state index is -4.83. The standard InChI is InChI=1S/C29H27BF4N2O6S/c1-35-28(37)26-22-14-21(17-3-4-17)19(13-25(22)42-27(26)18-5-7-20(31)8-6-18)15-36(43(40)41)11-10-16-2-9-24(30(38)39)23(12-16)29(32,33)34/h2,5-9,12-14,17,38-39H,3-4,10-11,15H2,1H3,(H,35,37)(H,40,41). The van der Waals surface area contributed by atoms with E-state index in [0.29, 0.717) is 22.1 Å². The molecule has 4 aromatic rings. The van der Waals surface area contributed by atoms with Gasteiger partial charge in [0.2, 0.25) is 11.3 Å². The molecule has 0 bridgehead atoms. The predicted octanol–water partition coefficient (Wildman–Crippen LogP) is 4.36. The maximum Gasteiger partial charge on any atom is 0.489 e. The first-order valence-electron chi connectivity index (χ1n) is 13.4. The summed E-state index contributed by atoms with van der Waals surface area (Å²) < 4.78 is 83.8. The van der Waals surface area contributed by atoms with Crippen LogP contribution in [0.3, 0.4) is 0 Å². The van der Waals surface area contributed by atoms with Gasteiger partial charge in [0.15, 0.2) is 0 Å². The van der Waals surface area contributed by atoms with Crippen LogP contribution in [0, 0.1) is 5.82 Å². The normalized spacial score (nSPS) is 14.3. The summed E-state index contributed by atoms with van der Waals surface area (Å²) in [6.07, 6.45) is -3.11. The number of hydrogen-bond acceptors (Lipinski definition) is 5. The second kappa shape index (κ2) is 12.2. The number of furan rings is 1. The van der Waals surface area contributed by atoms with Gasteiger partial charge in [0.05, 0.1) is 11.1 Å². The highest BCUT2D eigenvalue weighted by Gasteiger charge is 2.36. The van der Waals surface area contributed by atoms with Crippen LogP contribution in [0.5, 0.6) is 0 Å². The molecular formula is C29H27BF4N2O6S. The van der Waals surface area contributed by atoms with Crippen LogP contribution >= 0.6 is 0 Å². The first-order valence-corrected chi connectivity index (χ1v) is 14.4. The van der Waals surface area contributed by atoms with E-state index in [9.17, 15) is 41.2 Å². The smallest absolute Gasteiger partial charge is 0.455 e. The van der Waals surface area contributed by atoms with Crippen molar-refractivity contribution in [1.82, 2.24) is 9.62 Å². The maximum absolute atomic E-state index is 13.6. The first kappa shape index (κ1) is 30.9. The van der Waals surface area contributed by atoms with Gasteiger partial charge in [-0.05, 0) is 89.8 Å². The summed E-state index contributed by atoms with van der Waals surface area (Å²) in [6.45, 7) is -0.127. The fourth-order valence-electron chi connectivity index (χ4n) is 5.15. The number of rotatable bonds is 10. The summed E-state index contributed by atoms with van der Waals surface area (Å²) in [7, 11) is -0.825. The van der Waals surface area contributed by atoms with Crippen LogP contribution in [0.4, 0.5) is 17.6 Å². The van der Waals surface area contributed by atoms with Gasteiger partial charge in [0.1, 0.15) is 17.2 Å². The number of amides is 1. The van der Waals surface area contributed by atoms with Crippen molar-refractivity contribution in [3.8, 4) is 11.3 Å². The number of nitrogens with zero attached hydrogens (tertiary/aromatic N) is 1. The SMILES string of the molecule is CNC(=O)c1c(-c2ccc(F)cc2)oc2cc(CN(CCc3ccc(B(O)O)c(C(F)(F)F)c3)S(=O)O)c(C3CC3)cc12. The van der Waals surface area contributed by atoms with E-state index in [1.807, 2.05) is 6.07 Å². The van der Waals surface area contributed by atoms with Gasteiger partial charge in [0, 0.05) is 31.1 Å². The van der Waals surface area contributed by atoms with Crippen LogP contribution in [0.1, 0.15) is 51.4 Å². The Kier molecular flexibility index (Phi) is 8.77. The molecule has 3 aromatic carbocycles.